The van der Waals surface area contributed by atoms with Crippen molar-refractivity contribution in [1.29, 1.82) is 15.8 Å². The average molecular weight is 593 g/mol. The molecule has 0 spiro atoms. The van der Waals surface area contributed by atoms with E-state index in [9.17, 15) is 0 Å². The highest BCUT2D eigenvalue weighted by Gasteiger charge is 2.20. The van der Waals surface area contributed by atoms with Crippen molar-refractivity contribution in [3.63, 3.8) is 0 Å². The summed E-state index contributed by atoms with van der Waals surface area (Å²) in [5.41, 5.74) is 2.39. The quantitative estimate of drug-likeness (QED) is 0.116. The molecule has 0 saturated heterocycles. The van der Waals surface area contributed by atoms with Gasteiger partial charge >= 0.3 is 5.84 Å². The highest BCUT2D eigenvalue weighted by atomic mass is 32.1. The second-order valence-corrected chi connectivity index (χ2v) is 13.6. The van der Waals surface area contributed by atoms with Gasteiger partial charge in [0.25, 0.3) is 0 Å². The molecule has 5 heterocycles. The molecular formula is C28H12N6S5. The minimum atomic E-state index is -0.160. The largest absolute Gasteiger partial charge is 0.351 e. The van der Waals surface area contributed by atoms with E-state index < -0.39 is 0 Å². The van der Waals surface area contributed by atoms with Crippen molar-refractivity contribution in [2.24, 2.45) is 9.98 Å². The maximum atomic E-state index is 9.01. The first-order chi connectivity index (χ1) is 18.9. The first kappa shape index (κ1) is 25.1. The van der Waals surface area contributed by atoms with E-state index in [2.05, 4.69) is 40.8 Å². The first-order valence-electron chi connectivity index (χ1n) is 11.3. The number of fused-ring (bicyclic) bond motifs is 4. The summed E-state index contributed by atoms with van der Waals surface area (Å²) in [6, 6.07) is 17.6. The van der Waals surface area contributed by atoms with E-state index >= 15 is 0 Å². The summed E-state index contributed by atoms with van der Waals surface area (Å²) in [6.07, 6.45) is 0. The van der Waals surface area contributed by atoms with Gasteiger partial charge in [0.15, 0.2) is 0 Å². The Bertz CT molecular complexity index is 2170. The van der Waals surface area contributed by atoms with Crippen molar-refractivity contribution in [2.75, 3.05) is 0 Å². The third-order valence-electron chi connectivity index (χ3n) is 6.08. The Labute approximate surface area is 242 Å². The summed E-state index contributed by atoms with van der Waals surface area (Å²) in [4.78, 5) is 15.8. The maximum absolute atomic E-state index is 9.01. The Kier molecular flexibility index (Phi) is 6.33. The lowest BCUT2D eigenvalue weighted by Crippen LogP contribution is -1.84. The number of thiophene rings is 5. The zero-order valence-corrected chi connectivity index (χ0v) is 24.3. The SMILES string of the molecule is [C-]#[N+]C(C#N)=Nc1ccc(-c2cc3sc4c(C)c5cc(-c6ccc(N=C(C#N)C#N)s6)sc5c(C)c4c3s2)s1. The van der Waals surface area contributed by atoms with Crippen molar-refractivity contribution in [2.45, 2.75) is 13.8 Å². The molecule has 39 heavy (non-hydrogen) atoms. The number of nitrogens with zero attached hydrogens (tertiary/aromatic N) is 6. The van der Waals surface area contributed by atoms with Crippen molar-refractivity contribution in [1.82, 2.24) is 0 Å². The molecule has 0 aliphatic carbocycles. The predicted molar refractivity (Wildman–Crippen MR) is 166 cm³/mol. The van der Waals surface area contributed by atoms with Crippen LogP contribution in [0.3, 0.4) is 0 Å². The molecule has 6 nitrogen and oxygen atoms in total. The molecule has 1 aromatic carbocycles. The molecule has 6 aromatic rings. The lowest BCUT2D eigenvalue weighted by molar-refractivity contribution is 1.51. The summed E-state index contributed by atoms with van der Waals surface area (Å²) in [5, 5.41) is 30.9. The summed E-state index contributed by atoms with van der Waals surface area (Å²) in [6.45, 7) is 11.4. The van der Waals surface area contributed by atoms with Crippen molar-refractivity contribution in [3.8, 4) is 37.7 Å². The Balaban J connectivity index is 1.44. The van der Waals surface area contributed by atoms with Crippen LogP contribution < -0.4 is 0 Å². The van der Waals surface area contributed by atoms with E-state index in [0.717, 1.165) is 19.5 Å². The number of rotatable bonds is 4. The van der Waals surface area contributed by atoms with Crippen LogP contribution in [0.15, 0.2) is 46.4 Å². The van der Waals surface area contributed by atoms with E-state index in [0.29, 0.717) is 10.0 Å². The van der Waals surface area contributed by atoms with E-state index in [4.69, 9.17) is 22.4 Å². The average Bonchev–Trinajstić information content (AvgIpc) is 3.75. The number of aliphatic imine (C=N–C) groups is 2. The third-order valence-corrected chi connectivity index (χ3v) is 12.2. The van der Waals surface area contributed by atoms with Crippen molar-refractivity contribution < 1.29 is 0 Å². The van der Waals surface area contributed by atoms with Crippen LogP contribution in [0.5, 0.6) is 0 Å². The van der Waals surface area contributed by atoms with E-state index in [1.54, 1.807) is 22.7 Å². The lowest BCUT2D eigenvalue weighted by atomic mass is 10.0. The molecule has 0 N–H and O–H groups in total. The normalized spacial score (nSPS) is 11.4. The van der Waals surface area contributed by atoms with Gasteiger partial charge in [-0.3, -0.25) is 0 Å². The Hall–Kier alpha value is -4.20. The molecule has 0 bridgehead atoms. The van der Waals surface area contributed by atoms with Gasteiger partial charge in [0.1, 0.15) is 23.2 Å². The second-order valence-electron chi connectivity index (χ2n) is 8.33. The fourth-order valence-corrected chi connectivity index (χ4v) is 10.2. The molecule has 11 heteroatoms. The second kappa shape index (κ2) is 9.84. The zero-order valence-electron chi connectivity index (χ0n) is 20.2. The lowest BCUT2D eigenvalue weighted by Gasteiger charge is -2.04. The molecule has 0 fully saturated rings. The number of nitriles is 3. The molecular weight excluding hydrogens is 581 g/mol. The number of aryl methyl sites for hydroxylation is 2. The summed E-state index contributed by atoms with van der Waals surface area (Å²) < 4.78 is 5.08. The van der Waals surface area contributed by atoms with Crippen LogP contribution in [0.2, 0.25) is 0 Å². The van der Waals surface area contributed by atoms with Crippen LogP contribution in [0, 0.1) is 54.4 Å². The smallest absolute Gasteiger partial charge is 0.350 e. The van der Waals surface area contributed by atoms with Crippen LogP contribution in [0.1, 0.15) is 11.1 Å². The molecule has 0 aliphatic heterocycles. The van der Waals surface area contributed by atoms with Gasteiger partial charge in [0, 0.05) is 39.0 Å². The van der Waals surface area contributed by atoms with E-state index in [-0.39, 0.29) is 11.5 Å². The van der Waals surface area contributed by atoms with Crippen LogP contribution >= 0.6 is 56.7 Å². The topological polar surface area (TPSA) is 100 Å². The first-order valence-corrected chi connectivity index (χ1v) is 15.4. The Morgan fingerprint density at radius 1 is 0.718 bits per heavy atom. The van der Waals surface area contributed by atoms with Gasteiger partial charge in [-0.15, -0.1) is 45.3 Å². The van der Waals surface area contributed by atoms with Crippen LogP contribution in [0.25, 0.3) is 53.9 Å². The third kappa shape index (κ3) is 4.24. The molecule has 184 valence electrons. The minimum Gasteiger partial charge on any atom is -0.351 e. The van der Waals surface area contributed by atoms with Crippen LogP contribution in [0.4, 0.5) is 10.0 Å². The van der Waals surface area contributed by atoms with Gasteiger partial charge in [-0.25, -0.2) is 10.3 Å². The number of benzene rings is 1. The molecule has 6 rings (SSSR count). The number of amidine groups is 1. The monoisotopic (exact) mass is 592 g/mol. The number of hydrogen-bond donors (Lipinski definition) is 0. The summed E-state index contributed by atoms with van der Waals surface area (Å²) in [5.74, 6) is -0.160. The highest BCUT2D eigenvalue weighted by molar-refractivity contribution is 7.35. The van der Waals surface area contributed by atoms with E-state index in [1.807, 2.05) is 53.8 Å². The molecule has 0 radical (unpaired) electrons. The molecule has 0 atom stereocenters. The molecule has 0 unspecified atom stereocenters. The van der Waals surface area contributed by atoms with Gasteiger partial charge in [-0.05, 0) is 66.8 Å². The van der Waals surface area contributed by atoms with Crippen molar-refractivity contribution >= 4 is 108 Å². The van der Waals surface area contributed by atoms with Gasteiger partial charge in [0.05, 0.1) is 4.70 Å². The standard InChI is InChI=1S/C28H12N6S5/c1-13-16-8-19(17-4-6-23(35-17)33-15(10-29)11-30)37-26(16)14(2)25-27(13)39-21-9-20(38-28(21)25)18-5-7-24(36-18)34-22(12-31)32-3/h4-9H,1-2H3. The van der Waals surface area contributed by atoms with Gasteiger partial charge in [0.2, 0.25) is 10.7 Å². The fraction of sp³-hybridized carbons (Fsp3) is 0.0714. The van der Waals surface area contributed by atoms with Gasteiger partial charge < -0.3 is 4.85 Å². The van der Waals surface area contributed by atoms with Crippen molar-refractivity contribution in [3.05, 3.63) is 58.9 Å². The molecule has 0 saturated carbocycles. The fourth-order valence-electron chi connectivity index (χ4n) is 4.32. The van der Waals surface area contributed by atoms with Crippen LogP contribution in [-0.4, -0.2) is 11.5 Å². The molecule has 5 aromatic heterocycles. The predicted octanol–water partition coefficient (Wildman–Crippen LogP) is 10.00. The van der Waals surface area contributed by atoms with E-state index in [1.165, 1.54) is 63.4 Å². The zero-order chi connectivity index (χ0) is 27.3. The molecule has 0 amide bonds. The Morgan fingerprint density at radius 2 is 1.36 bits per heavy atom. The summed E-state index contributed by atoms with van der Waals surface area (Å²) in [7, 11) is 0. The summed E-state index contributed by atoms with van der Waals surface area (Å²) >= 11 is 8.28. The maximum Gasteiger partial charge on any atom is 0.350 e. The highest BCUT2D eigenvalue weighted by Crippen LogP contribution is 2.51. The number of hydrogen-bond acceptors (Lipinski definition) is 10. The van der Waals surface area contributed by atoms with Gasteiger partial charge in [-0.2, -0.15) is 10.5 Å². The molecule has 0 aliphatic rings. The van der Waals surface area contributed by atoms with Crippen LogP contribution in [-0.2, 0) is 0 Å². The minimum absolute atomic E-state index is 0.146. The van der Waals surface area contributed by atoms with Gasteiger partial charge in [-0.1, -0.05) is 22.9 Å². The Morgan fingerprint density at radius 3 is 2.00 bits per heavy atom.